The number of nitrogens with zero attached hydrogens (tertiary/aromatic N) is 2. The van der Waals surface area contributed by atoms with Gasteiger partial charge in [0.1, 0.15) is 5.75 Å². The Morgan fingerprint density at radius 1 is 1.12 bits per heavy atom. The molecule has 0 radical (unpaired) electrons. The summed E-state index contributed by atoms with van der Waals surface area (Å²) in [6.07, 6.45) is -3.37. The Morgan fingerprint density at radius 2 is 1.88 bits per heavy atom. The topological polar surface area (TPSA) is 46.5 Å². The van der Waals surface area contributed by atoms with E-state index >= 15 is 0 Å². The highest BCUT2D eigenvalue weighted by atomic mass is 79.9. The van der Waals surface area contributed by atoms with Crippen molar-refractivity contribution in [2.24, 2.45) is 5.10 Å². The lowest BCUT2D eigenvalue weighted by Gasteiger charge is -2.11. The Kier molecular flexibility index (Phi) is 5.58. The van der Waals surface area contributed by atoms with Crippen molar-refractivity contribution in [2.45, 2.75) is 6.36 Å². The molecule has 4 nitrogen and oxygen atoms in total. The summed E-state index contributed by atoms with van der Waals surface area (Å²) in [5.41, 5.74) is 5.00. The molecule has 1 N–H and O–H groups in total. The summed E-state index contributed by atoms with van der Waals surface area (Å²) in [4.78, 5) is 4.41. The highest BCUT2D eigenvalue weighted by Crippen LogP contribution is 2.32. The van der Waals surface area contributed by atoms with Gasteiger partial charge in [0.25, 0.3) is 0 Å². The lowest BCUT2D eigenvalue weighted by Crippen LogP contribution is -2.17. The Hall–Kier alpha value is -2.39. The minimum Gasteiger partial charge on any atom is -0.405 e. The molecule has 134 valence electrons. The number of hydrogen-bond acceptors (Lipinski definition) is 5. The van der Waals surface area contributed by atoms with E-state index < -0.39 is 6.36 Å². The number of benzene rings is 2. The van der Waals surface area contributed by atoms with Crippen LogP contribution in [0, 0.1) is 0 Å². The first-order chi connectivity index (χ1) is 12.4. The van der Waals surface area contributed by atoms with E-state index in [1.165, 1.54) is 29.7 Å². The van der Waals surface area contributed by atoms with Gasteiger partial charge in [0.05, 0.1) is 16.4 Å². The summed E-state index contributed by atoms with van der Waals surface area (Å²) < 4.78 is 41.2. The summed E-state index contributed by atoms with van der Waals surface area (Å²) in [6.45, 7) is 0. The number of ether oxygens (including phenoxy) is 1. The number of hydrogen-bond donors (Lipinski definition) is 1. The molecule has 26 heavy (non-hydrogen) atoms. The van der Waals surface area contributed by atoms with Gasteiger partial charge in [-0.1, -0.05) is 42.5 Å². The molecule has 1 aromatic heterocycles. The van der Waals surface area contributed by atoms with Crippen molar-refractivity contribution in [3.8, 4) is 17.0 Å². The Labute approximate surface area is 159 Å². The van der Waals surface area contributed by atoms with Crippen molar-refractivity contribution in [2.75, 3.05) is 5.43 Å². The SMILES string of the molecule is FC(F)(F)Oc1cccc(C=NNc2nc(-c3ccccc3)cs2)c1Br. The molecule has 0 aliphatic carbocycles. The Morgan fingerprint density at radius 3 is 2.62 bits per heavy atom. The number of halogens is 4. The average molecular weight is 442 g/mol. The molecule has 0 fully saturated rings. The van der Waals surface area contributed by atoms with Crippen LogP contribution in [0.4, 0.5) is 18.3 Å². The van der Waals surface area contributed by atoms with Crippen LogP contribution in [0.3, 0.4) is 0 Å². The van der Waals surface area contributed by atoms with E-state index in [9.17, 15) is 13.2 Å². The maximum atomic E-state index is 12.4. The van der Waals surface area contributed by atoms with Crippen molar-refractivity contribution in [1.29, 1.82) is 0 Å². The van der Waals surface area contributed by atoms with Gasteiger partial charge in [-0.2, -0.15) is 5.10 Å². The average Bonchev–Trinajstić information content (AvgIpc) is 3.07. The fourth-order valence-electron chi connectivity index (χ4n) is 2.05. The molecule has 9 heteroatoms. The van der Waals surface area contributed by atoms with Crippen molar-refractivity contribution >= 4 is 38.6 Å². The molecule has 0 bridgehead atoms. The fourth-order valence-corrected chi connectivity index (χ4v) is 3.17. The molecule has 2 aromatic carbocycles. The summed E-state index contributed by atoms with van der Waals surface area (Å²) in [7, 11) is 0. The molecule has 0 atom stereocenters. The zero-order valence-electron chi connectivity index (χ0n) is 13.0. The maximum Gasteiger partial charge on any atom is 0.573 e. The van der Waals surface area contributed by atoms with Crippen LogP contribution in [0.2, 0.25) is 0 Å². The van der Waals surface area contributed by atoms with Crippen molar-refractivity contribution in [1.82, 2.24) is 4.98 Å². The van der Waals surface area contributed by atoms with Crippen LogP contribution in [-0.4, -0.2) is 17.6 Å². The standard InChI is InChI=1S/C17H11BrF3N3OS/c18-15-12(7-4-8-14(15)25-17(19,20)21)9-22-24-16-23-13(10-26-16)11-5-2-1-3-6-11/h1-10H,(H,23,24). The molecule has 3 rings (SSSR count). The molecule has 0 aliphatic rings. The van der Waals surface area contributed by atoms with Crippen LogP contribution in [-0.2, 0) is 0 Å². The molecule has 3 aromatic rings. The first kappa shape index (κ1) is 18.4. The first-order valence-electron chi connectivity index (χ1n) is 7.27. The second-order valence-corrected chi connectivity index (χ2v) is 6.63. The predicted octanol–water partition coefficient (Wildman–Crippen LogP) is 5.92. The quantitative estimate of drug-likeness (QED) is 0.394. The molecular weight excluding hydrogens is 431 g/mol. The molecule has 1 heterocycles. The number of nitrogens with one attached hydrogen (secondary N) is 1. The number of anilines is 1. The van der Waals surface area contributed by atoms with Crippen molar-refractivity contribution < 1.29 is 17.9 Å². The van der Waals surface area contributed by atoms with Crippen LogP contribution in [0.25, 0.3) is 11.3 Å². The van der Waals surface area contributed by atoms with Gasteiger partial charge in [-0.15, -0.1) is 24.5 Å². The normalized spacial score (nSPS) is 11.7. The molecule has 0 amide bonds. The lowest BCUT2D eigenvalue weighted by atomic mass is 10.2. The van der Waals surface area contributed by atoms with Crippen LogP contribution < -0.4 is 10.2 Å². The molecule has 0 aliphatic heterocycles. The van der Waals surface area contributed by atoms with Gasteiger partial charge in [-0.25, -0.2) is 4.98 Å². The first-order valence-corrected chi connectivity index (χ1v) is 8.94. The number of hydrazone groups is 1. The number of rotatable bonds is 5. The molecule has 0 saturated carbocycles. The molecular formula is C17H11BrF3N3OS. The van der Waals surface area contributed by atoms with E-state index in [1.54, 1.807) is 6.07 Å². The van der Waals surface area contributed by atoms with Gasteiger partial charge in [0.2, 0.25) is 5.13 Å². The van der Waals surface area contributed by atoms with E-state index in [2.05, 4.69) is 36.2 Å². The summed E-state index contributed by atoms with van der Waals surface area (Å²) >= 11 is 4.47. The van der Waals surface area contributed by atoms with E-state index in [1.807, 2.05) is 35.7 Å². The van der Waals surface area contributed by atoms with Crippen LogP contribution in [0.15, 0.2) is 63.5 Å². The minimum absolute atomic E-state index is 0.159. The predicted molar refractivity (Wildman–Crippen MR) is 99.6 cm³/mol. The van der Waals surface area contributed by atoms with Gasteiger partial charge in [0.15, 0.2) is 0 Å². The number of alkyl halides is 3. The Bertz CT molecular complexity index is 913. The van der Waals surface area contributed by atoms with Gasteiger partial charge >= 0.3 is 6.36 Å². The zero-order valence-corrected chi connectivity index (χ0v) is 15.4. The van der Waals surface area contributed by atoms with Gasteiger partial charge in [-0.3, -0.25) is 5.43 Å². The summed E-state index contributed by atoms with van der Waals surface area (Å²) in [5.74, 6) is -0.331. The van der Waals surface area contributed by atoms with Crippen molar-refractivity contribution in [3.05, 3.63) is 63.9 Å². The number of aromatic nitrogens is 1. The lowest BCUT2D eigenvalue weighted by molar-refractivity contribution is -0.274. The molecule has 0 unspecified atom stereocenters. The third kappa shape index (κ3) is 4.83. The van der Waals surface area contributed by atoms with Crippen LogP contribution in [0.5, 0.6) is 5.75 Å². The fraction of sp³-hybridized carbons (Fsp3) is 0.0588. The number of thiazole rings is 1. The summed E-state index contributed by atoms with van der Waals surface area (Å²) in [5, 5.41) is 6.48. The monoisotopic (exact) mass is 441 g/mol. The van der Waals surface area contributed by atoms with E-state index in [0.29, 0.717) is 10.7 Å². The third-order valence-corrected chi connectivity index (χ3v) is 4.75. The molecule has 0 spiro atoms. The smallest absolute Gasteiger partial charge is 0.405 e. The molecule has 0 saturated heterocycles. The van der Waals surface area contributed by atoms with Crippen molar-refractivity contribution in [3.63, 3.8) is 0 Å². The third-order valence-electron chi connectivity index (χ3n) is 3.16. The van der Waals surface area contributed by atoms with Crippen LogP contribution in [0.1, 0.15) is 5.56 Å². The van der Waals surface area contributed by atoms with Gasteiger partial charge < -0.3 is 4.74 Å². The van der Waals surface area contributed by atoms with Crippen LogP contribution >= 0.6 is 27.3 Å². The summed E-state index contributed by atoms with van der Waals surface area (Å²) in [6, 6.07) is 13.9. The second kappa shape index (κ2) is 7.88. The van der Waals surface area contributed by atoms with Gasteiger partial charge in [0, 0.05) is 16.5 Å². The zero-order chi connectivity index (χ0) is 18.6. The second-order valence-electron chi connectivity index (χ2n) is 4.98. The minimum atomic E-state index is -4.76. The highest BCUT2D eigenvalue weighted by molar-refractivity contribution is 9.10. The van der Waals surface area contributed by atoms with E-state index in [4.69, 9.17) is 0 Å². The van der Waals surface area contributed by atoms with Gasteiger partial charge in [-0.05, 0) is 22.0 Å². The van der Waals surface area contributed by atoms with E-state index in [0.717, 1.165) is 11.3 Å². The largest absolute Gasteiger partial charge is 0.573 e. The highest BCUT2D eigenvalue weighted by Gasteiger charge is 2.32. The van der Waals surface area contributed by atoms with E-state index in [-0.39, 0.29) is 10.2 Å². The maximum absolute atomic E-state index is 12.4. The Balaban J connectivity index is 1.70.